The van der Waals surface area contributed by atoms with Crippen LogP contribution in [0.2, 0.25) is 5.02 Å². The molecule has 0 radical (unpaired) electrons. The summed E-state index contributed by atoms with van der Waals surface area (Å²) in [6, 6.07) is 5.59. The molecule has 18 heavy (non-hydrogen) atoms. The molecule has 0 fully saturated rings. The highest BCUT2D eigenvalue weighted by Crippen LogP contribution is 2.26. The molecule has 0 saturated heterocycles. The quantitative estimate of drug-likeness (QED) is 0.275. The number of nitrogens with zero attached hydrogens (tertiary/aromatic N) is 2. The topological polar surface area (TPSA) is 93.2 Å². The Morgan fingerprint density at radius 1 is 1.61 bits per heavy atom. The number of esters is 1. The van der Waals surface area contributed by atoms with Crippen molar-refractivity contribution >= 4 is 29.3 Å². The van der Waals surface area contributed by atoms with E-state index in [0.29, 0.717) is 5.56 Å². The number of carbonyl (C=O) groups is 1. The van der Waals surface area contributed by atoms with Crippen LogP contribution in [0.25, 0.3) is 6.08 Å². The highest BCUT2D eigenvalue weighted by molar-refractivity contribution is 6.32. The Kier molecular flexibility index (Phi) is 4.40. The number of nitro groups is 1. The molecule has 1 aromatic rings. The number of halogens is 1. The van der Waals surface area contributed by atoms with Crippen molar-refractivity contribution in [1.29, 1.82) is 5.26 Å². The maximum Gasteiger partial charge on any atom is 0.348 e. The zero-order valence-electron chi connectivity index (χ0n) is 9.21. The van der Waals surface area contributed by atoms with Gasteiger partial charge in [-0.25, -0.2) is 4.79 Å². The van der Waals surface area contributed by atoms with Crippen LogP contribution in [0.4, 0.5) is 5.69 Å². The van der Waals surface area contributed by atoms with Crippen LogP contribution < -0.4 is 0 Å². The number of hydrogen-bond donors (Lipinski definition) is 0. The molecule has 0 aromatic heterocycles. The average molecular weight is 267 g/mol. The molecule has 0 spiro atoms. The van der Waals surface area contributed by atoms with Crippen LogP contribution in [0, 0.1) is 21.4 Å². The highest BCUT2D eigenvalue weighted by atomic mass is 35.5. The van der Waals surface area contributed by atoms with Crippen molar-refractivity contribution in [2.24, 2.45) is 0 Å². The smallest absolute Gasteiger partial charge is 0.348 e. The summed E-state index contributed by atoms with van der Waals surface area (Å²) < 4.78 is 4.39. The van der Waals surface area contributed by atoms with Gasteiger partial charge in [-0.2, -0.15) is 5.26 Å². The van der Waals surface area contributed by atoms with Crippen molar-refractivity contribution < 1.29 is 14.5 Å². The van der Waals surface area contributed by atoms with Gasteiger partial charge in [-0.3, -0.25) is 10.1 Å². The molecule has 0 saturated carbocycles. The summed E-state index contributed by atoms with van der Waals surface area (Å²) in [6.45, 7) is 0. The van der Waals surface area contributed by atoms with Gasteiger partial charge in [0.05, 0.1) is 12.0 Å². The van der Waals surface area contributed by atoms with E-state index >= 15 is 0 Å². The second-order valence-electron chi connectivity index (χ2n) is 3.13. The van der Waals surface area contributed by atoms with Crippen molar-refractivity contribution in [2.75, 3.05) is 7.11 Å². The van der Waals surface area contributed by atoms with E-state index in [1.807, 2.05) is 0 Å². The summed E-state index contributed by atoms with van der Waals surface area (Å²) >= 11 is 5.63. The molecule has 0 bridgehead atoms. The molecule has 1 rings (SSSR count). The van der Waals surface area contributed by atoms with Crippen LogP contribution in [0.5, 0.6) is 0 Å². The lowest BCUT2D eigenvalue weighted by Crippen LogP contribution is -2.02. The molecule has 92 valence electrons. The Bertz CT molecular complexity index is 575. The van der Waals surface area contributed by atoms with E-state index in [4.69, 9.17) is 16.9 Å². The third-order valence-electron chi connectivity index (χ3n) is 2.00. The second kappa shape index (κ2) is 5.80. The second-order valence-corrected chi connectivity index (χ2v) is 3.54. The first-order valence-electron chi connectivity index (χ1n) is 4.63. The first-order valence-corrected chi connectivity index (χ1v) is 5.01. The molecule has 0 aliphatic heterocycles. The van der Waals surface area contributed by atoms with Gasteiger partial charge in [-0.1, -0.05) is 17.7 Å². The standard InChI is InChI=1S/C11H7ClN2O4/c1-18-11(15)8(6-13)4-7-2-3-9(12)10(5-7)14(16)17/h2-5H,1H3/b8-4+. The van der Waals surface area contributed by atoms with Gasteiger partial charge >= 0.3 is 5.97 Å². The largest absolute Gasteiger partial charge is 0.465 e. The predicted molar refractivity (Wildman–Crippen MR) is 63.7 cm³/mol. The molecule has 0 aliphatic carbocycles. The number of nitro benzene ring substituents is 1. The van der Waals surface area contributed by atoms with Gasteiger partial charge in [0.25, 0.3) is 5.69 Å². The minimum atomic E-state index is -0.810. The van der Waals surface area contributed by atoms with Gasteiger partial charge in [0.15, 0.2) is 0 Å². The van der Waals surface area contributed by atoms with Crippen LogP contribution in [0.1, 0.15) is 5.56 Å². The van der Waals surface area contributed by atoms with Gasteiger partial charge in [0, 0.05) is 6.07 Å². The Morgan fingerprint density at radius 2 is 2.28 bits per heavy atom. The molecule has 0 heterocycles. The normalized spacial score (nSPS) is 10.6. The fourth-order valence-electron chi connectivity index (χ4n) is 1.17. The molecule has 7 heteroatoms. The molecule has 6 nitrogen and oxygen atoms in total. The molecule has 0 aliphatic rings. The number of methoxy groups -OCH3 is 1. The lowest BCUT2D eigenvalue weighted by atomic mass is 10.1. The van der Waals surface area contributed by atoms with E-state index in [-0.39, 0.29) is 16.3 Å². The van der Waals surface area contributed by atoms with E-state index in [0.717, 1.165) is 7.11 Å². The molecule has 0 unspecified atom stereocenters. The zero-order valence-corrected chi connectivity index (χ0v) is 9.97. The van der Waals surface area contributed by atoms with E-state index < -0.39 is 10.9 Å². The number of rotatable bonds is 3. The summed E-state index contributed by atoms with van der Waals surface area (Å²) in [6.07, 6.45) is 1.19. The number of hydrogen-bond acceptors (Lipinski definition) is 5. The lowest BCUT2D eigenvalue weighted by molar-refractivity contribution is -0.384. The lowest BCUT2D eigenvalue weighted by Gasteiger charge is -1.99. The van der Waals surface area contributed by atoms with Gasteiger partial charge in [-0.05, 0) is 17.7 Å². The molecule has 1 aromatic carbocycles. The Morgan fingerprint density at radius 3 is 2.78 bits per heavy atom. The Hall–Kier alpha value is -2.39. The zero-order chi connectivity index (χ0) is 13.7. The van der Waals surface area contributed by atoms with E-state index in [2.05, 4.69) is 4.74 Å². The molecular formula is C11H7ClN2O4. The fourth-order valence-corrected chi connectivity index (χ4v) is 1.36. The number of benzene rings is 1. The van der Waals surface area contributed by atoms with E-state index in [1.54, 1.807) is 6.07 Å². The SMILES string of the molecule is COC(=O)/C(C#N)=C/c1ccc(Cl)c([N+](=O)[O-])c1. The van der Waals surface area contributed by atoms with Crippen molar-refractivity contribution in [3.8, 4) is 6.07 Å². The van der Waals surface area contributed by atoms with Crippen molar-refractivity contribution in [3.63, 3.8) is 0 Å². The first-order chi connectivity index (χ1) is 8.49. The summed E-state index contributed by atoms with van der Waals surface area (Å²) in [5, 5.41) is 19.4. The fraction of sp³-hybridized carbons (Fsp3) is 0.0909. The predicted octanol–water partition coefficient (Wildman–Crippen LogP) is 2.33. The van der Waals surface area contributed by atoms with Crippen LogP contribution in [-0.4, -0.2) is 18.0 Å². The summed E-state index contributed by atoms with van der Waals surface area (Å²) in [5.74, 6) is -0.810. The van der Waals surface area contributed by atoms with Gasteiger partial charge in [0.2, 0.25) is 0 Å². The molecule has 0 atom stereocenters. The van der Waals surface area contributed by atoms with E-state index in [1.165, 1.54) is 24.3 Å². The van der Waals surface area contributed by atoms with E-state index in [9.17, 15) is 14.9 Å². The number of ether oxygens (including phenoxy) is 1. The summed E-state index contributed by atoms with van der Waals surface area (Å²) in [5.41, 5.74) is -0.241. The minimum absolute atomic E-state index is 0.0197. The van der Waals surface area contributed by atoms with Gasteiger partial charge in [0.1, 0.15) is 16.7 Å². The molecule has 0 amide bonds. The van der Waals surface area contributed by atoms with Crippen molar-refractivity contribution in [1.82, 2.24) is 0 Å². The summed E-state index contributed by atoms with van der Waals surface area (Å²) in [7, 11) is 1.14. The summed E-state index contributed by atoms with van der Waals surface area (Å²) in [4.78, 5) is 21.2. The Labute approximate surface area is 107 Å². The highest BCUT2D eigenvalue weighted by Gasteiger charge is 2.14. The minimum Gasteiger partial charge on any atom is -0.465 e. The van der Waals surface area contributed by atoms with Crippen molar-refractivity contribution in [3.05, 3.63) is 44.5 Å². The number of nitriles is 1. The van der Waals surface area contributed by atoms with Crippen LogP contribution in [0.3, 0.4) is 0 Å². The molecule has 0 N–H and O–H groups in total. The third-order valence-corrected chi connectivity index (χ3v) is 2.32. The van der Waals surface area contributed by atoms with Gasteiger partial charge in [-0.15, -0.1) is 0 Å². The van der Waals surface area contributed by atoms with Crippen LogP contribution >= 0.6 is 11.6 Å². The Balaban J connectivity index is 3.23. The monoisotopic (exact) mass is 266 g/mol. The molecular weight excluding hydrogens is 260 g/mol. The average Bonchev–Trinajstić information content (AvgIpc) is 2.36. The third kappa shape index (κ3) is 3.06. The van der Waals surface area contributed by atoms with Crippen LogP contribution in [-0.2, 0) is 9.53 Å². The first kappa shape index (κ1) is 13.7. The van der Waals surface area contributed by atoms with Crippen molar-refractivity contribution in [2.45, 2.75) is 0 Å². The maximum absolute atomic E-state index is 11.2. The van der Waals surface area contributed by atoms with Gasteiger partial charge < -0.3 is 4.74 Å². The number of carbonyl (C=O) groups excluding carboxylic acids is 1. The van der Waals surface area contributed by atoms with Crippen LogP contribution in [0.15, 0.2) is 23.8 Å². The maximum atomic E-state index is 11.2.